The molecular formula is C20H21F2N3O3. The molecule has 8 heteroatoms. The van der Waals surface area contributed by atoms with Crippen LogP contribution >= 0.6 is 0 Å². The summed E-state index contributed by atoms with van der Waals surface area (Å²) in [6, 6.07) is 12.7. The van der Waals surface area contributed by atoms with E-state index in [1.807, 2.05) is 19.2 Å². The lowest BCUT2D eigenvalue weighted by Crippen LogP contribution is -2.18. The first kappa shape index (κ1) is 19.8. The highest BCUT2D eigenvalue weighted by atomic mass is 19.3. The van der Waals surface area contributed by atoms with Gasteiger partial charge >= 0.3 is 6.61 Å². The maximum Gasteiger partial charge on any atom is 0.387 e. The van der Waals surface area contributed by atoms with Gasteiger partial charge in [0.05, 0.1) is 13.7 Å². The van der Waals surface area contributed by atoms with Gasteiger partial charge < -0.3 is 14.0 Å². The highest BCUT2D eigenvalue weighted by Crippen LogP contribution is 2.32. The summed E-state index contributed by atoms with van der Waals surface area (Å²) in [7, 11) is 3.34. The Morgan fingerprint density at radius 1 is 1.11 bits per heavy atom. The Bertz CT molecular complexity index is 931. The Morgan fingerprint density at radius 2 is 1.89 bits per heavy atom. The van der Waals surface area contributed by atoms with E-state index in [9.17, 15) is 8.78 Å². The van der Waals surface area contributed by atoms with E-state index in [0.717, 1.165) is 6.54 Å². The Balaban J connectivity index is 1.70. The summed E-state index contributed by atoms with van der Waals surface area (Å²) < 4.78 is 39.7. The standard InChI is InChI=1S/C20H21F2N3O3/c1-13-6-4-5-7-15(13)11-25(2)12-18-23-19(24-28-18)14-8-9-16(27-20(21)22)17(10-14)26-3/h4-10,20H,11-12H2,1-3H3. The number of nitrogens with zero attached hydrogens (tertiary/aromatic N) is 3. The molecular weight excluding hydrogens is 368 g/mol. The molecule has 0 bridgehead atoms. The van der Waals surface area contributed by atoms with Crippen LogP contribution in [0.5, 0.6) is 11.5 Å². The predicted octanol–water partition coefficient (Wildman–Crippen LogP) is 4.29. The zero-order chi connectivity index (χ0) is 20.1. The molecule has 0 unspecified atom stereocenters. The first-order valence-electron chi connectivity index (χ1n) is 8.65. The molecule has 0 aliphatic carbocycles. The molecule has 0 atom stereocenters. The van der Waals surface area contributed by atoms with Crippen molar-refractivity contribution in [2.24, 2.45) is 0 Å². The molecule has 0 spiro atoms. The van der Waals surface area contributed by atoms with E-state index in [1.54, 1.807) is 6.07 Å². The number of hydrogen-bond donors (Lipinski definition) is 0. The lowest BCUT2D eigenvalue weighted by molar-refractivity contribution is -0.0512. The second kappa shape index (κ2) is 8.79. The van der Waals surface area contributed by atoms with Crippen LogP contribution in [0.25, 0.3) is 11.4 Å². The molecule has 0 aliphatic rings. The molecule has 2 aromatic carbocycles. The number of aromatic nitrogens is 2. The van der Waals surface area contributed by atoms with Gasteiger partial charge in [0.15, 0.2) is 11.5 Å². The van der Waals surface area contributed by atoms with Gasteiger partial charge in [0, 0.05) is 12.1 Å². The van der Waals surface area contributed by atoms with Crippen molar-refractivity contribution in [3.8, 4) is 22.9 Å². The summed E-state index contributed by atoms with van der Waals surface area (Å²) in [5.41, 5.74) is 3.03. The van der Waals surface area contributed by atoms with Crippen molar-refractivity contribution in [1.29, 1.82) is 0 Å². The van der Waals surface area contributed by atoms with Gasteiger partial charge in [-0.25, -0.2) is 0 Å². The molecule has 6 nitrogen and oxygen atoms in total. The molecule has 0 saturated carbocycles. The molecule has 0 N–H and O–H groups in total. The van der Waals surface area contributed by atoms with Gasteiger partial charge in [-0.05, 0) is 43.3 Å². The minimum Gasteiger partial charge on any atom is -0.493 e. The summed E-state index contributed by atoms with van der Waals surface area (Å²) in [6.07, 6.45) is 0. The van der Waals surface area contributed by atoms with Crippen LogP contribution in [-0.2, 0) is 13.1 Å². The molecule has 3 rings (SSSR count). The number of rotatable bonds is 8. The quantitative estimate of drug-likeness (QED) is 0.573. The van der Waals surface area contributed by atoms with Crippen molar-refractivity contribution in [3.63, 3.8) is 0 Å². The van der Waals surface area contributed by atoms with E-state index in [4.69, 9.17) is 9.26 Å². The van der Waals surface area contributed by atoms with E-state index in [2.05, 4.69) is 38.8 Å². The Hall–Kier alpha value is -3.00. The topological polar surface area (TPSA) is 60.6 Å². The molecule has 1 aromatic heterocycles. The Labute approximate surface area is 161 Å². The summed E-state index contributed by atoms with van der Waals surface area (Å²) in [4.78, 5) is 6.46. The lowest BCUT2D eigenvalue weighted by atomic mass is 10.1. The van der Waals surface area contributed by atoms with Crippen molar-refractivity contribution in [3.05, 3.63) is 59.5 Å². The number of benzene rings is 2. The van der Waals surface area contributed by atoms with Crippen LogP contribution in [0.15, 0.2) is 47.0 Å². The third kappa shape index (κ3) is 4.83. The van der Waals surface area contributed by atoms with Gasteiger partial charge in [0.1, 0.15) is 0 Å². The maximum absolute atomic E-state index is 12.4. The van der Waals surface area contributed by atoms with Crippen LogP contribution in [0.1, 0.15) is 17.0 Å². The molecule has 1 heterocycles. The average molecular weight is 389 g/mol. The number of methoxy groups -OCH3 is 1. The summed E-state index contributed by atoms with van der Waals surface area (Å²) in [5, 5.41) is 3.97. The fraction of sp³-hybridized carbons (Fsp3) is 0.300. The Morgan fingerprint density at radius 3 is 2.61 bits per heavy atom. The van der Waals surface area contributed by atoms with Crippen molar-refractivity contribution in [1.82, 2.24) is 15.0 Å². The highest BCUT2D eigenvalue weighted by Gasteiger charge is 2.16. The second-order valence-electron chi connectivity index (χ2n) is 6.35. The summed E-state index contributed by atoms with van der Waals surface area (Å²) in [5.74, 6) is 0.919. The van der Waals surface area contributed by atoms with Crippen molar-refractivity contribution in [2.75, 3.05) is 14.2 Å². The molecule has 3 aromatic rings. The second-order valence-corrected chi connectivity index (χ2v) is 6.35. The van der Waals surface area contributed by atoms with Gasteiger partial charge in [0.2, 0.25) is 11.7 Å². The SMILES string of the molecule is COc1cc(-c2noc(CN(C)Cc3ccccc3C)n2)ccc1OC(F)F. The van der Waals surface area contributed by atoms with Crippen LogP contribution in [-0.4, -0.2) is 35.8 Å². The van der Waals surface area contributed by atoms with Gasteiger partial charge in [-0.2, -0.15) is 13.8 Å². The smallest absolute Gasteiger partial charge is 0.387 e. The normalized spacial score (nSPS) is 11.2. The summed E-state index contributed by atoms with van der Waals surface area (Å²) >= 11 is 0. The fourth-order valence-electron chi connectivity index (χ4n) is 2.80. The first-order valence-corrected chi connectivity index (χ1v) is 8.65. The first-order chi connectivity index (χ1) is 13.5. The maximum atomic E-state index is 12.4. The molecule has 0 radical (unpaired) electrons. The fourth-order valence-corrected chi connectivity index (χ4v) is 2.80. The van der Waals surface area contributed by atoms with Gasteiger partial charge in [-0.3, -0.25) is 4.90 Å². The number of aryl methyl sites for hydroxylation is 1. The van der Waals surface area contributed by atoms with Crippen molar-refractivity contribution in [2.45, 2.75) is 26.6 Å². The van der Waals surface area contributed by atoms with Crippen LogP contribution in [0.3, 0.4) is 0 Å². The zero-order valence-corrected chi connectivity index (χ0v) is 15.9. The number of hydrogen-bond acceptors (Lipinski definition) is 6. The largest absolute Gasteiger partial charge is 0.493 e. The molecule has 0 aliphatic heterocycles. The average Bonchev–Trinajstić information content (AvgIpc) is 3.12. The van der Waals surface area contributed by atoms with Crippen LogP contribution < -0.4 is 9.47 Å². The molecule has 0 amide bonds. The monoisotopic (exact) mass is 389 g/mol. The third-order valence-electron chi connectivity index (χ3n) is 4.21. The predicted molar refractivity (Wildman–Crippen MR) is 99.3 cm³/mol. The number of alkyl halides is 2. The highest BCUT2D eigenvalue weighted by molar-refractivity contribution is 5.60. The molecule has 0 fully saturated rings. The van der Waals surface area contributed by atoms with E-state index >= 15 is 0 Å². The summed E-state index contributed by atoms with van der Waals surface area (Å²) in [6.45, 7) is 0.367. The van der Waals surface area contributed by atoms with E-state index < -0.39 is 6.61 Å². The molecule has 0 saturated heterocycles. The van der Waals surface area contributed by atoms with Crippen molar-refractivity contribution >= 4 is 0 Å². The van der Waals surface area contributed by atoms with Gasteiger partial charge in [0.25, 0.3) is 0 Å². The van der Waals surface area contributed by atoms with E-state index in [0.29, 0.717) is 23.8 Å². The van der Waals surface area contributed by atoms with E-state index in [-0.39, 0.29) is 11.5 Å². The number of ether oxygens (including phenoxy) is 2. The Kier molecular flexibility index (Phi) is 6.20. The zero-order valence-electron chi connectivity index (χ0n) is 15.9. The minimum absolute atomic E-state index is 0.0528. The molecule has 148 valence electrons. The minimum atomic E-state index is -2.93. The van der Waals surface area contributed by atoms with E-state index in [1.165, 1.54) is 30.4 Å². The number of halogens is 2. The third-order valence-corrected chi connectivity index (χ3v) is 4.21. The van der Waals surface area contributed by atoms with Crippen LogP contribution in [0.2, 0.25) is 0 Å². The molecule has 28 heavy (non-hydrogen) atoms. The lowest BCUT2D eigenvalue weighted by Gasteiger charge is -2.15. The van der Waals surface area contributed by atoms with Crippen LogP contribution in [0.4, 0.5) is 8.78 Å². The van der Waals surface area contributed by atoms with Gasteiger partial charge in [-0.15, -0.1) is 0 Å². The van der Waals surface area contributed by atoms with Crippen molar-refractivity contribution < 1.29 is 22.8 Å². The van der Waals surface area contributed by atoms with Gasteiger partial charge in [-0.1, -0.05) is 29.4 Å². The van der Waals surface area contributed by atoms with Crippen LogP contribution in [0, 0.1) is 6.92 Å².